The molecule has 0 aliphatic rings. The fourth-order valence-electron chi connectivity index (χ4n) is 2.02. The molecule has 0 radical (unpaired) electrons. The SMILES string of the molecule is COc1ccc(C=O)cc1COc1ccccc1C(C)=O. The maximum absolute atomic E-state index is 11.6. The number of benzene rings is 2. The van der Waals surface area contributed by atoms with E-state index in [2.05, 4.69) is 0 Å². The fourth-order valence-corrected chi connectivity index (χ4v) is 2.02. The molecule has 2 rings (SSSR count). The van der Waals surface area contributed by atoms with Gasteiger partial charge in [0.25, 0.3) is 0 Å². The van der Waals surface area contributed by atoms with Gasteiger partial charge in [0.1, 0.15) is 24.4 Å². The third kappa shape index (κ3) is 3.48. The summed E-state index contributed by atoms with van der Waals surface area (Å²) >= 11 is 0. The van der Waals surface area contributed by atoms with Gasteiger partial charge in [0, 0.05) is 11.1 Å². The summed E-state index contributed by atoms with van der Waals surface area (Å²) in [5.74, 6) is 1.10. The van der Waals surface area contributed by atoms with E-state index in [1.807, 2.05) is 0 Å². The third-order valence-electron chi connectivity index (χ3n) is 3.09. The number of Topliss-reactive ketones (excluding diaryl/α,β-unsaturated/α-hetero) is 1. The van der Waals surface area contributed by atoms with E-state index in [1.54, 1.807) is 49.6 Å². The summed E-state index contributed by atoms with van der Waals surface area (Å²) in [6.07, 6.45) is 0.770. The molecular weight excluding hydrogens is 268 g/mol. The maximum atomic E-state index is 11.6. The van der Waals surface area contributed by atoms with Crippen LogP contribution >= 0.6 is 0 Å². The summed E-state index contributed by atoms with van der Waals surface area (Å²) < 4.78 is 11.0. The van der Waals surface area contributed by atoms with Gasteiger partial charge in [-0.15, -0.1) is 0 Å². The van der Waals surface area contributed by atoms with Crippen LogP contribution < -0.4 is 9.47 Å². The van der Waals surface area contributed by atoms with Crippen LogP contribution in [0.2, 0.25) is 0 Å². The molecule has 0 aromatic heterocycles. The molecule has 108 valence electrons. The number of aldehydes is 1. The highest BCUT2D eigenvalue weighted by molar-refractivity contribution is 5.96. The Balaban J connectivity index is 2.24. The largest absolute Gasteiger partial charge is 0.496 e. The van der Waals surface area contributed by atoms with Crippen molar-refractivity contribution in [1.29, 1.82) is 0 Å². The van der Waals surface area contributed by atoms with Crippen LogP contribution in [0.4, 0.5) is 0 Å². The van der Waals surface area contributed by atoms with E-state index in [1.165, 1.54) is 6.92 Å². The second-order valence-corrected chi connectivity index (χ2v) is 4.53. The van der Waals surface area contributed by atoms with E-state index in [-0.39, 0.29) is 12.4 Å². The smallest absolute Gasteiger partial charge is 0.163 e. The van der Waals surface area contributed by atoms with Crippen LogP contribution in [0.1, 0.15) is 33.2 Å². The molecule has 0 saturated carbocycles. The molecule has 0 atom stereocenters. The van der Waals surface area contributed by atoms with Crippen molar-refractivity contribution >= 4 is 12.1 Å². The molecule has 0 fully saturated rings. The second-order valence-electron chi connectivity index (χ2n) is 4.53. The number of rotatable bonds is 6. The zero-order valence-corrected chi connectivity index (χ0v) is 12.0. The van der Waals surface area contributed by atoms with Crippen molar-refractivity contribution in [3.63, 3.8) is 0 Å². The molecule has 0 unspecified atom stereocenters. The summed E-state index contributed by atoms with van der Waals surface area (Å²) in [5.41, 5.74) is 1.83. The minimum absolute atomic E-state index is 0.0563. The average molecular weight is 284 g/mol. The van der Waals surface area contributed by atoms with E-state index in [0.29, 0.717) is 22.6 Å². The van der Waals surface area contributed by atoms with Crippen LogP contribution in [0.3, 0.4) is 0 Å². The number of ether oxygens (including phenoxy) is 2. The number of para-hydroxylation sites is 1. The van der Waals surface area contributed by atoms with Crippen molar-refractivity contribution < 1.29 is 19.1 Å². The molecule has 0 heterocycles. The van der Waals surface area contributed by atoms with Gasteiger partial charge in [0.15, 0.2) is 5.78 Å². The molecule has 0 spiro atoms. The van der Waals surface area contributed by atoms with Gasteiger partial charge in [-0.1, -0.05) is 12.1 Å². The van der Waals surface area contributed by atoms with Crippen molar-refractivity contribution in [2.24, 2.45) is 0 Å². The Morgan fingerprint density at radius 3 is 2.57 bits per heavy atom. The first kappa shape index (κ1) is 14.8. The number of ketones is 1. The first-order chi connectivity index (χ1) is 10.2. The highest BCUT2D eigenvalue weighted by Gasteiger charge is 2.10. The average Bonchev–Trinajstić information content (AvgIpc) is 2.52. The zero-order valence-electron chi connectivity index (χ0n) is 12.0. The molecule has 0 bridgehead atoms. The third-order valence-corrected chi connectivity index (χ3v) is 3.09. The van der Waals surface area contributed by atoms with Gasteiger partial charge in [0.05, 0.1) is 12.7 Å². The van der Waals surface area contributed by atoms with Gasteiger partial charge in [-0.2, -0.15) is 0 Å². The van der Waals surface area contributed by atoms with Crippen LogP contribution in [-0.2, 0) is 6.61 Å². The summed E-state index contributed by atoms with van der Waals surface area (Å²) in [5, 5.41) is 0. The summed E-state index contributed by atoms with van der Waals surface area (Å²) in [4.78, 5) is 22.4. The molecule has 4 heteroatoms. The summed E-state index contributed by atoms with van der Waals surface area (Å²) in [6, 6.07) is 12.2. The van der Waals surface area contributed by atoms with Gasteiger partial charge in [-0.05, 0) is 37.3 Å². The van der Waals surface area contributed by atoms with E-state index >= 15 is 0 Å². The van der Waals surface area contributed by atoms with Crippen molar-refractivity contribution in [3.05, 3.63) is 59.2 Å². The lowest BCUT2D eigenvalue weighted by Gasteiger charge is -2.12. The first-order valence-corrected chi connectivity index (χ1v) is 6.50. The zero-order chi connectivity index (χ0) is 15.2. The lowest BCUT2D eigenvalue weighted by Crippen LogP contribution is -2.03. The summed E-state index contributed by atoms with van der Waals surface area (Å²) in [7, 11) is 1.56. The molecule has 4 nitrogen and oxygen atoms in total. The minimum atomic E-state index is -0.0563. The number of methoxy groups -OCH3 is 1. The molecule has 2 aromatic carbocycles. The Hall–Kier alpha value is -2.62. The molecule has 2 aromatic rings. The molecule has 0 saturated heterocycles. The monoisotopic (exact) mass is 284 g/mol. The number of carbonyl (C=O) groups is 2. The summed E-state index contributed by atoms with van der Waals surface area (Å²) in [6.45, 7) is 1.71. The highest BCUT2D eigenvalue weighted by atomic mass is 16.5. The van der Waals surface area contributed by atoms with Crippen LogP contribution in [0, 0.1) is 0 Å². The van der Waals surface area contributed by atoms with Crippen molar-refractivity contribution in [2.45, 2.75) is 13.5 Å². The molecule has 0 aliphatic heterocycles. The van der Waals surface area contributed by atoms with Crippen molar-refractivity contribution in [3.8, 4) is 11.5 Å². The van der Waals surface area contributed by atoms with Gasteiger partial charge in [0.2, 0.25) is 0 Å². The highest BCUT2D eigenvalue weighted by Crippen LogP contribution is 2.24. The quantitative estimate of drug-likeness (QED) is 0.603. The van der Waals surface area contributed by atoms with E-state index in [9.17, 15) is 9.59 Å². The Kier molecular flexibility index (Phi) is 4.72. The van der Waals surface area contributed by atoms with Gasteiger partial charge in [-0.3, -0.25) is 9.59 Å². The normalized spacial score (nSPS) is 10.0. The van der Waals surface area contributed by atoms with Crippen LogP contribution in [0.5, 0.6) is 11.5 Å². The van der Waals surface area contributed by atoms with Gasteiger partial charge >= 0.3 is 0 Å². The number of carbonyl (C=O) groups excluding carboxylic acids is 2. The Labute approximate surface area is 123 Å². The molecule has 21 heavy (non-hydrogen) atoms. The van der Waals surface area contributed by atoms with Gasteiger partial charge in [-0.25, -0.2) is 0 Å². The van der Waals surface area contributed by atoms with Crippen LogP contribution in [0.15, 0.2) is 42.5 Å². The molecule has 0 aliphatic carbocycles. The predicted molar refractivity (Wildman–Crippen MR) is 79.2 cm³/mol. The first-order valence-electron chi connectivity index (χ1n) is 6.50. The topological polar surface area (TPSA) is 52.6 Å². The van der Waals surface area contributed by atoms with E-state index < -0.39 is 0 Å². The lowest BCUT2D eigenvalue weighted by atomic mass is 10.1. The molecule has 0 amide bonds. The van der Waals surface area contributed by atoms with E-state index in [4.69, 9.17) is 9.47 Å². The number of hydrogen-bond acceptors (Lipinski definition) is 4. The second kappa shape index (κ2) is 6.70. The lowest BCUT2D eigenvalue weighted by molar-refractivity contribution is 0.101. The van der Waals surface area contributed by atoms with Gasteiger partial charge < -0.3 is 9.47 Å². The fraction of sp³-hybridized carbons (Fsp3) is 0.176. The maximum Gasteiger partial charge on any atom is 0.163 e. The molecule has 0 N–H and O–H groups in total. The Bertz CT molecular complexity index is 662. The Morgan fingerprint density at radius 2 is 1.90 bits per heavy atom. The standard InChI is InChI=1S/C17H16O4/c1-12(19)15-5-3-4-6-17(15)21-11-14-9-13(10-18)7-8-16(14)20-2/h3-10H,11H2,1-2H3. The number of hydrogen-bond donors (Lipinski definition) is 0. The minimum Gasteiger partial charge on any atom is -0.496 e. The Morgan fingerprint density at radius 1 is 1.14 bits per heavy atom. The van der Waals surface area contributed by atoms with Crippen molar-refractivity contribution in [1.82, 2.24) is 0 Å². The molecular formula is C17H16O4. The van der Waals surface area contributed by atoms with Crippen molar-refractivity contribution in [2.75, 3.05) is 7.11 Å². The van der Waals surface area contributed by atoms with E-state index in [0.717, 1.165) is 11.8 Å². The van der Waals surface area contributed by atoms with Crippen LogP contribution in [-0.4, -0.2) is 19.2 Å². The van der Waals surface area contributed by atoms with Crippen LogP contribution in [0.25, 0.3) is 0 Å². The predicted octanol–water partition coefficient (Wildman–Crippen LogP) is 3.29.